The van der Waals surface area contributed by atoms with Crippen LogP contribution in [0.2, 0.25) is 0 Å². The van der Waals surface area contributed by atoms with Gasteiger partial charge in [-0.05, 0) is 38.5 Å². The molecule has 6 nitrogen and oxygen atoms in total. The van der Waals surface area contributed by atoms with Gasteiger partial charge in [-0.2, -0.15) is 10.4 Å². The summed E-state index contributed by atoms with van der Waals surface area (Å²) in [5.41, 5.74) is 1.86. The summed E-state index contributed by atoms with van der Waals surface area (Å²) in [7, 11) is 0. The minimum atomic E-state index is -0.00892. The van der Waals surface area contributed by atoms with E-state index in [0.717, 1.165) is 24.5 Å². The lowest BCUT2D eigenvalue weighted by Gasteiger charge is -2.25. The topological polar surface area (TPSA) is 83.6 Å². The van der Waals surface area contributed by atoms with Gasteiger partial charge in [-0.15, -0.1) is 0 Å². The molecule has 22 heavy (non-hydrogen) atoms. The number of Topliss-reactive ketones (excluding diaryl/α,β-unsaturated/α-hetero) is 1. The number of fused-ring (bicyclic) bond motifs is 1. The van der Waals surface area contributed by atoms with Gasteiger partial charge in [0.25, 0.3) is 0 Å². The number of benzene rings is 1. The van der Waals surface area contributed by atoms with Crippen LogP contribution in [0.25, 0.3) is 0 Å². The summed E-state index contributed by atoms with van der Waals surface area (Å²) in [6, 6.07) is 7.46. The van der Waals surface area contributed by atoms with Crippen molar-refractivity contribution in [1.82, 2.24) is 14.8 Å². The number of carbonyl (C=O) groups excluding carboxylic acids is 1. The van der Waals surface area contributed by atoms with E-state index in [0.29, 0.717) is 23.4 Å². The Morgan fingerprint density at radius 2 is 2.32 bits per heavy atom. The number of rotatable bonds is 3. The van der Waals surface area contributed by atoms with Gasteiger partial charge in [0.1, 0.15) is 17.7 Å². The van der Waals surface area contributed by atoms with Gasteiger partial charge < -0.3 is 5.32 Å². The van der Waals surface area contributed by atoms with E-state index < -0.39 is 0 Å². The Morgan fingerprint density at radius 3 is 3.05 bits per heavy atom. The average molecular weight is 295 g/mol. The van der Waals surface area contributed by atoms with Gasteiger partial charge in [-0.25, -0.2) is 9.67 Å². The molecule has 0 amide bonds. The molecule has 1 aliphatic rings. The monoisotopic (exact) mass is 295 g/mol. The quantitative estimate of drug-likeness (QED) is 0.877. The molecule has 0 saturated carbocycles. The molecule has 1 N–H and O–H groups in total. The number of anilines is 1. The largest absolute Gasteiger partial charge is 0.379 e. The van der Waals surface area contributed by atoms with E-state index in [2.05, 4.69) is 21.5 Å². The van der Waals surface area contributed by atoms with Crippen LogP contribution in [0.4, 0.5) is 5.69 Å². The van der Waals surface area contributed by atoms with Gasteiger partial charge in [0.05, 0.1) is 17.8 Å². The van der Waals surface area contributed by atoms with E-state index >= 15 is 0 Å². The Morgan fingerprint density at radius 1 is 1.50 bits per heavy atom. The molecular weight excluding hydrogens is 278 g/mol. The molecule has 6 heteroatoms. The molecule has 0 saturated heterocycles. The van der Waals surface area contributed by atoms with Crippen molar-refractivity contribution in [3.05, 3.63) is 41.0 Å². The Balaban J connectivity index is 1.83. The van der Waals surface area contributed by atoms with Gasteiger partial charge in [0, 0.05) is 18.0 Å². The van der Waals surface area contributed by atoms with E-state index in [1.807, 2.05) is 11.6 Å². The first kappa shape index (κ1) is 14.3. The van der Waals surface area contributed by atoms with E-state index in [9.17, 15) is 10.1 Å². The fourth-order valence-corrected chi connectivity index (χ4v) is 2.75. The van der Waals surface area contributed by atoms with E-state index in [1.165, 1.54) is 6.92 Å². The first-order chi connectivity index (χ1) is 10.6. The van der Waals surface area contributed by atoms with Crippen molar-refractivity contribution >= 4 is 11.5 Å². The maximum atomic E-state index is 11.5. The molecule has 1 aromatic carbocycles. The molecule has 0 spiro atoms. The first-order valence-electron chi connectivity index (χ1n) is 7.29. The second-order valence-electron chi connectivity index (χ2n) is 5.57. The van der Waals surface area contributed by atoms with E-state index in [-0.39, 0.29) is 11.8 Å². The molecular formula is C16H17N5O. The highest BCUT2D eigenvalue weighted by atomic mass is 16.1. The lowest BCUT2D eigenvalue weighted by molar-refractivity contribution is 0.101. The number of hydrogen-bond acceptors (Lipinski definition) is 5. The Labute approximate surface area is 128 Å². The SMILES string of the molecule is CC(=O)c1ccc(C#N)c(NC2CCc3nc(C)nn3C2)c1. The summed E-state index contributed by atoms with van der Waals surface area (Å²) < 4.78 is 1.91. The highest BCUT2D eigenvalue weighted by Gasteiger charge is 2.21. The van der Waals surface area contributed by atoms with Crippen LogP contribution in [0.1, 0.15) is 40.9 Å². The van der Waals surface area contributed by atoms with Crippen LogP contribution in [0.15, 0.2) is 18.2 Å². The fraction of sp³-hybridized carbons (Fsp3) is 0.375. The predicted molar refractivity (Wildman–Crippen MR) is 81.7 cm³/mol. The molecule has 0 bridgehead atoms. The minimum Gasteiger partial charge on any atom is -0.379 e. The highest BCUT2D eigenvalue weighted by molar-refractivity contribution is 5.95. The summed E-state index contributed by atoms with van der Waals surface area (Å²) in [5, 5.41) is 17.0. The number of aromatic nitrogens is 3. The second-order valence-corrected chi connectivity index (χ2v) is 5.57. The van der Waals surface area contributed by atoms with Gasteiger partial charge in [-0.3, -0.25) is 4.79 Å². The molecule has 1 aromatic heterocycles. The minimum absolute atomic E-state index is 0.00892. The van der Waals surface area contributed by atoms with Gasteiger partial charge in [0.15, 0.2) is 5.78 Å². The maximum absolute atomic E-state index is 11.5. The third-order valence-electron chi connectivity index (χ3n) is 3.87. The third kappa shape index (κ3) is 2.70. The van der Waals surface area contributed by atoms with E-state index in [4.69, 9.17) is 0 Å². The Bertz CT molecular complexity index is 771. The molecule has 0 aliphatic carbocycles. The van der Waals surface area contributed by atoms with Crippen molar-refractivity contribution in [2.24, 2.45) is 0 Å². The number of ketones is 1. The van der Waals surface area contributed by atoms with Crippen molar-refractivity contribution in [2.75, 3.05) is 5.32 Å². The smallest absolute Gasteiger partial charge is 0.159 e. The summed E-state index contributed by atoms with van der Waals surface area (Å²) >= 11 is 0. The molecule has 1 atom stereocenters. The number of aryl methyl sites for hydroxylation is 2. The maximum Gasteiger partial charge on any atom is 0.159 e. The zero-order valence-corrected chi connectivity index (χ0v) is 12.6. The zero-order chi connectivity index (χ0) is 15.7. The highest BCUT2D eigenvalue weighted by Crippen LogP contribution is 2.22. The average Bonchev–Trinajstić information content (AvgIpc) is 2.86. The van der Waals surface area contributed by atoms with Crippen LogP contribution >= 0.6 is 0 Å². The first-order valence-corrected chi connectivity index (χ1v) is 7.29. The van der Waals surface area contributed by atoms with E-state index in [1.54, 1.807) is 18.2 Å². The molecule has 0 fully saturated rings. The molecule has 112 valence electrons. The van der Waals surface area contributed by atoms with Crippen molar-refractivity contribution in [3.63, 3.8) is 0 Å². The Hall–Kier alpha value is -2.68. The summed E-state index contributed by atoms with van der Waals surface area (Å²) in [6.45, 7) is 4.12. The number of nitrogens with one attached hydrogen (secondary N) is 1. The van der Waals surface area contributed by atoms with Crippen LogP contribution in [0.3, 0.4) is 0 Å². The predicted octanol–water partition coefficient (Wildman–Crippen LogP) is 2.09. The van der Waals surface area contributed by atoms with Crippen molar-refractivity contribution < 1.29 is 4.79 Å². The van der Waals surface area contributed by atoms with Crippen LogP contribution in [0.5, 0.6) is 0 Å². The van der Waals surface area contributed by atoms with Crippen molar-refractivity contribution in [1.29, 1.82) is 5.26 Å². The lowest BCUT2D eigenvalue weighted by Crippen LogP contribution is -2.32. The number of nitriles is 1. The van der Waals surface area contributed by atoms with Crippen LogP contribution < -0.4 is 5.32 Å². The molecule has 0 radical (unpaired) electrons. The number of nitrogens with zero attached hydrogens (tertiary/aromatic N) is 4. The summed E-state index contributed by atoms with van der Waals surface area (Å²) in [6.07, 6.45) is 1.78. The summed E-state index contributed by atoms with van der Waals surface area (Å²) in [4.78, 5) is 15.9. The molecule has 2 heterocycles. The molecule has 1 unspecified atom stereocenters. The van der Waals surface area contributed by atoms with Gasteiger partial charge >= 0.3 is 0 Å². The number of hydrogen-bond donors (Lipinski definition) is 1. The van der Waals surface area contributed by atoms with Crippen molar-refractivity contribution in [3.8, 4) is 6.07 Å². The number of carbonyl (C=O) groups is 1. The van der Waals surface area contributed by atoms with Crippen molar-refractivity contribution in [2.45, 2.75) is 39.3 Å². The lowest BCUT2D eigenvalue weighted by atomic mass is 10.0. The zero-order valence-electron chi connectivity index (χ0n) is 12.6. The standard InChI is InChI=1S/C16H17N5O/c1-10(22)12-3-4-13(8-17)15(7-12)19-14-5-6-16-18-11(2)20-21(16)9-14/h3-4,7,14,19H,5-6,9H2,1-2H3. The summed E-state index contributed by atoms with van der Waals surface area (Å²) in [5.74, 6) is 1.78. The molecule has 2 aromatic rings. The normalized spacial score (nSPS) is 16.7. The Kier molecular flexibility index (Phi) is 3.63. The third-order valence-corrected chi connectivity index (χ3v) is 3.87. The van der Waals surface area contributed by atoms with Gasteiger partial charge in [-0.1, -0.05) is 0 Å². The fourth-order valence-electron chi connectivity index (χ4n) is 2.75. The van der Waals surface area contributed by atoms with Crippen LogP contribution in [0, 0.1) is 18.3 Å². The second kappa shape index (κ2) is 5.60. The van der Waals surface area contributed by atoms with Gasteiger partial charge in [0.2, 0.25) is 0 Å². The van der Waals surface area contributed by atoms with Crippen LogP contribution in [-0.4, -0.2) is 26.6 Å². The molecule has 3 rings (SSSR count). The molecule has 1 aliphatic heterocycles. The van der Waals surface area contributed by atoms with Crippen LogP contribution in [-0.2, 0) is 13.0 Å².